The lowest BCUT2D eigenvalue weighted by atomic mass is 9.47. The van der Waals surface area contributed by atoms with Gasteiger partial charge in [0.25, 0.3) is 0 Å². The summed E-state index contributed by atoms with van der Waals surface area (Å²) in [5, 5.41) is 15.6. The Bertz CT molecular complexity index is 1550. The number of nitrogens with zero attached hydrogens (tertiary/aromatic N) is 3. The maximum absolute atomic E-state index is 13.0. The van der Waals surface area contributed by atoms with Crippen LogP contribution in [0.2, 0.25) is 0 Å². The zero-order chi connectivity index (χ0) is 31.1. The lowest BCUT2D eigenvalue weighted by Crippen LogP contribution is -2.51. The van der Waals surface area contributed by atoms with Crippen LogP contribution in [0, 0.1) is 34.0 Å². The second kappa shape index (κ2) is 11.6. The number of nitrogen functional groups attached to an aromatic ring is 1. The number of anilines is 1. The number of carbonyl (C=O) groups excluding carboxylic acids is 2. The minimum atomic E-state index is -0.646. The molecule has 4 aliphatic rings. The Morgan fingerprint density at radius 2 is 1.66 bits per heavy atom. The van der Waals surface area contributed by atoms with E-state index >= 15 is 0 Å². The first-order valence-corrected chi connectivity index (χ1v) is 15.6. The van der Waals surface area contributed by atoms with Crippen LogP contribution in [0.4, 0.5) is 16.2 Å². The number of carbonyl (C=O) groups is 2. The molecule has 0 aromatic heterocycles. The Hall–Kier alpha value is -4.34. The van der Waals surface area contributed by atoms with E-state index < -0.39 is 6.09 Å². The van der Waals surface area contributed by atoms with E-state index in [1.165, 1.54) is 5.57 Å². The Morgan fingerprint density at radius 3 is 2.39 bits per heavy atom. The van der Waals surface area contributed by atoms with E-state index in [9.17, 15) is 9.59 Å². The van der Waals surface area contributed by atoms with Gasteiger partial charge < -0.3 is 16.2 Å². The number of hydrogen-bond donors (Lipinski definition) is 4. The van der Waals surface area contributed by atoms with E-state index in [0.717, 1.165) is 44.9 Å². The molecule has 3 saturated carbocycles. The van der Waals surface area contributed by atoms with Crippen molar-refractivity contribution >= 4 is 34.9 Å². The second-order valence-electron chi connectivity index (χ2n) is 13.3. The van der Waals surface area contributed by atoms with Crippen LogP contribution in [0.1, 0.15) is 76.3 Å². The number of aliphatic imine (C=N–C) groups is 1. The number of rotatable bonds is 6. The lowest BCUT2D eigenvalue weighted by Gasteiger charge is -2.57. The first-order valence-electron chi connectivity index (χ1n) is 15.6. The van der Waals surface area contributed by atoms with Gasteiger partial charge in [0.05, 0.1) is 11.4 Å². The molecule has 4 aliphatic carbocycles. The number of amides is 1. The topological polar surface area (TPSA) is 168 Å². The van der Waals surface area contributed by atoms with Crippen molar-refractivity contribution in [2.24, 2.45) is 55.4 Å². The molecule has 0 radical (unpaired) electrons. The van der Waals surface area contributed by atoms with Crippen LogP contribution in [-0.4, -0.2) is 29.7 Å². The van der Waals surface area contributed by atoms with Crippen molar-refractivity contribution in [2.45, 2.75) is 71.3 Å². The van der Waals surface area contributed by atoms with Crippen LogP contribution in [0.15, 0.2) is 75.5 Å². The van der Waals surface area contributed by atoms with Gasteiger partial charge >= 0.3 is 6.09 Å². The fourth-order valence-corrected chi connectivity index (χ4v) is 8.58. The van der Waals surface area contributed by atoms with Crippen LogP contribution in [0.5, 0.6) is 0 Å². The third-order valence-corrected chi connectivity index (χ3v) is 11.0. The molecular formula is C34H41N7O3. The molecule has 0 unspecified atom stereocenters. The molecule has 0 bridgehead atoms. The zero-order valence-electron chi connectivity index (χ0n) is 25.4. The molecule has 1 amide bonds. The highest BCUT2D eigenvalue weighted by Gasteiger charge is 2.60. The average molecular weight is 596 g/mol. The molecule has 0 saturated heterocycles. The van der Waals surface area contributed by atoms with E-state index in [0.29, 0.717) is 46.7 Å². The summed E-state index contributed by atoms with van der Waals surface area (Å²) in [5.74, 6) is 2.08. The van der Waals surface area contributed by atoms with Gasteiger partial charge in [-0.15, -0.1) is 5.11 Å². The second-order valence-corrected chi connectivity index (χ2v) is 13.3. The van der Waals surface area contributed by atoms with Crippen molar-refractivity contribution in [3.8, 4) is 0 Å². The number of nitrogens with one attached hydrogen (secondary N) is 2. The molecule has 6 atom stereocenters. The third-order valence-electron chi connectivity index (χ3n) is 11.0. The van der Waals surface area contributed by atoms with Crippen LogP contribution in [-0.2, 0) is 9.53 Å². The maximum Gasteiger partial charge on any atom is 0.435 e. The van der Waals surface area contributed by atoms with Crippen molar-refractivity contribution in [1.82, 2.24) is 0 Å². The molecule has 6 N–H and O–H groups in total. The maximum atomic E-state index is 13.0. The van der Waals surface area contributed by atoms with Crippen molar-refractivity contribution in [3.05, 3.63) is 71.3 Å². The van der Waals surface area contributed by atoms with Crippen molar-refractivity contribution in [1.29, 1.82) is 5.41 Å². The van der Waals surface area contributed by atoms with Gasteiger partial charge in [0.15, 0.2) is 5.78 Å². The predicted octanol–water partition coefficient (Wildman–Crippen LogP) is 6.82. The van der Waals surface area contributed by atoms with Gasteiger partial charge in [-0.05, 0) is 123 Å². The molecule has 230 valence electrons. The molecule has 0 spiro atoms. The monoisotopic (exact) mass is 595 g/mol. The first kappa shape index (κ1) is 29.7. The van der Waals surface area contributed by atoms with Crippen LogP contribution >= 0.6 is 0 Å². The van der Waals surface area contributed by atoms with Crippen molar-refractivity contribution in [3.63, 3.8) is 0 Å². The standard InChI is InChI=1S/C34H41N7O3/c1-33-17-15-25(42)19-22(33)7-12-26-27-13-14-29(34(27,2)18-16-28(26)33)44-32(43)38-31(37)21-5-10-24(11-6-21)40-41-39-23-8-3-20(4-9-23)30(35)36/h3-6,8-11,19,26-29H,7,12-18H2,1-2H3,(H3,35,36)(H,39,40)(H2,37,38,43)/t26-,27-,28-,29-,33-,34-/m0/s1. The summed E-state index contributed by atoms with van der Waals surface area (Å²) in [7, 11) is 0. The molecule has 0 heterocycles. The minimum absolute atomic E-state index is 0.00316. The highest BCUT2D eigenvalue weighted by molar-refractivity contribution is 6.03. The van der Waals surface area contributed by atoms with Gasteiger partial charge in [-0.2, -0.15) is 4.99 Å². The largest absolute Gasteiger partial charge is 0.444 e. The Balaban J connectivity index is 1.05. The summed E-state index contributed by atoms with van der Waals surface area (Å²) in [4.78, 5) is 29.2. The summed E-state index contributed by atoms with van der Waals surface area (Å²) in [5.41, 5.74) is 18.5. The van der Waals surface area contributed by atoms with Gasteiger partial charge in [-0.3, -0.25) is 15.6 Å². The molecule has 44 heavy (non-hydrogen) atoms. The van der Waals surface area contributed by atoms with Gasteiger partial charge in [0.1, 0.15) is 17.8 Å². The summed E-state index contributed by atoms with van der Waals surface area (Å²) < 4.78 is 6.02. The summed E-state index contributed by atoms with van der Waals surface area (Å²) in [6, 6.07) is 13.9. The van der Waals surface area contributed by atoms with E-state index in [4.69, 9.17) is 21.6 Å². The van der Waals surface area contributed by atoms with E-state index in [1.54, 1.807) is 48.5 Å². The lowest BCUT2D eigenvalue weighted by molar-refractivity contribution is -0.118. The number of nitrogens with two attached hydrogens (primary N) is 2. The molecule has 2 aromatic carbocycles. The van der Waals surface area contributed by atoms with Crippen LogP contribution in [0.3, 0.4) is 0 Å². The molecule has 10 heteroatoms. The van der Waals surface area contributed by atoms with Crippen molar-refractivity contribution in [2.75, 3.05) is 5.43 Å². The van der Waals surface area contributed by atoms with Crippen LogP contribution in [0.25, 0.3) is 0 Å². The summed E-state index contributed by atoms with van der Waals surface area (Å²) in [6.45, 7) is 4.69. The number of benzene rings is 2. The van der Waals surface area contributed by atoms with Gasteiger partial charge in [-0.25, -0.2) is 4.79 Å². The molecule has 10 nitrogen and oxygen atoms in total. The smallest absolute Gasteiger partial charge is 0.435 e. The molecule has 0 aliphatic heterocycles. The zero-order valence-corrected chi connectivity index (χ0v) is 25.4. The van der Waals surface area contributed by atoms with Crippen molar-refractivity contribution < 1.29 is 14.3 Å². The summed E-state index contributed by atoms with van der Waals surface area (Å²) >= 11 is 0. The summed E-state index contributed by atoms with van der Waals surface area (Å²) in [6.07, 6.45) is 8.89. The molecule has 3 fully saturated rings. The number of ether oxygens (including phenoxy) is 1. The Kier molecular flexibility index (Phi) is 7.86. The number of allylic oxidation sites excluding steroid dienone is 1. The van der Waals surface area contributed by atoms with E-state index in [1.807, 2.05) is 6.08 Å². The highest BCUT2D eigenvalue weighted by atomic mass is 16.6. The highest BCUT2D eigenvalue weighted by Crippen LogP contribution is 2.65. The van der Waals surface area contributed by atoms with Crippen LogP contribution < -0.4 is 16.9 Å². The van der Waals surface area contributed by atoms with Gasteiger partial charge in [-0.1, -0.05) is 24.6 Å². The molecule has 2 aromatic rings. The predicted molar refractivity (Wildman–Crippen MR) is 170 cm³/mol. The number of amidine groups is 2. The minimum Gasteiger partial charge on any atom is -0.444 e. The van der Waals surface area contributed by atoms with E-state index in [-0.39, 0.29) is 34.4 Å². The fraction of sp³-hybridized carbons (Fsp3) is 0.471. The third kappa shape index (κ3) is 5.53. The molecular weight excluding hydrogens is 554 g/mol. The van der Waals surface area contributed by atoms with E-state index in [2.05, 4.69) is 34.6 Å². The number of hydrogen-bond acceptors (Lipinski definition) is 6. The molecule has 6 rings (SSSR count). The first-order chi connectivity index (χ1) is 21.1. The van der Waals surface area contributed by atoms with Gasteiger partial charge in [0.2, 0.25) is 0 Å². The average Bonchev–Trinajstić information content (AvgIpc) is 3.33. The fourth-order valence-electron chi connectivity index (χ4n) is 8.58. The Labute approximate surface area is 257 Å². The normalized spacial score (nSPS) is 31.5. The number of fused-ring (bicyclic) bond motifs is 5. The number of ketones is 1. The quantitative estimate of drug-likeness (QED) is 0.124. The van der Waals surface area contributed by atoms with Gasteiger partial charge in [0, 0.05) is 23.0 Å². The Morgan fingerprint density at radius 1 is 0.932 bits per heavy atom. The SMILES string of the molecule is C[C@]12CC[C@H]3[C@@H](CCC4=CC(=O)CC[C@@]43C)[C@@H]1CC[C@@H]2OC(=O)/N=C(\N)c1ccc(N=NNc2ccc(C(=N)N)cc2)cc1.